The third-order valence-electron chi connectivity index (χ3n) is 5.17. The zero-order valence-electron chi connectivity index (χ0n) is 17.9. The second kappa shape index (κ2) is 8.62. The minimum Gasteiger partial charge on any atom is -0.497 e. The summed E-state index contributed by atoms with van der Waals surface area (Å²) >= 11 is 0. The first kappa shape index (κ1) is 21.4. The lowest BCUT2D eigenvalue weighted by Gasteiger charge is -2.29. The van der Waals surface area contributed by atoms with E-state index in [0.717, 1.165) is 5.69 Å². The smallest absolute Gasteiger partial charge is 0.340 e. The molecule has 1 unspecified atom stereocenters. The predicted molar refractivity (Wildman–Crippen MR) is 113 cm³/mol. The van der Waals surface area contributed by atoms with Gasteiger partial charge in [0.05, 0.1) is 25.7 Å². The largest absolute Gasteiger partial charge is 0.497 e. The molecule has 0 aliphatic carbocycles. The molecule has 0 fully saturated rings. The number of carbonyl (C=O) groups excluding carboxylic acids is 1. The Labute approximate surface area is 175 Å². The van der Waals surface area contributed by atoms with Crippen molar-refractivity contribution in [3.8, 4) is 11.5 Å². The summed E-state index contributed by atoms with van der Waals surface area (Å²) in [5.41, 5.74) is 7.76. The highest BCUT2D eigenvalue weighted by atomic mass is 16.5. The van der Waals surface area contributed by atoms with Crippen LogP contribution in [0.15, 0.2) is 46.6 Å². The summed E-state index contributed by atoms with van der Waals surface area (Å²) in [5.74, 6) is -0.521. The Morgan fingerprint density at radius 1 is 1.27 bits per heavy atom. The number of nitrogens with zero attached hydrogens (tertiary/aromatic N) is 2. The van der Waals surface area contributed by atoms with Crippen molar-refractivity contribution >= 4 is 5.97 Å². The van der Waals surface area contributed by atoms with Gasteiger partial charge >= 0.3 is 5.97 Å². The zero-order valence-corrected chi connectivity index (χ0v) is 17.9. The molecule has 0 spiro atoms. The molecule has 8 nitrogen and oxygen atoms in total. The summed E-state index contributed by atoms with van der Waals surface area (Å²) in [4.78, 5) is 28.2. The molecule has 160 valence electrons. The van der Waals surface area contributed by atoms with Crippen LogP contribution in [0, 0.1) is 6.92 Å². The number of hydrogen-bond acceptors (Lipinski definition) is 7. The second-order valence-electron chi connectivity index (χ2n) is 7.40. The van der Waals surface area contributed by atoms with Crippen LogP contribution in [0.2, 0.25) is 0 Å². The molecule has 0 radical (unpaired) electrons. The molecule has 8 heteroatoms. The number of fused-ring (bicyclic) bond motifs is 1. The molecule has 2 N–H and O–H groups in total. The molecule has 0 amide bonds. The van der Waals surface area contributed by atoms with Crippen molar-refractivity contribution in [2.45, 2.75) is 19.4 Å². The summed E-state index contributed by atoms with van der Waals surface area (Å²) < 4.78 is 17.7. The zero-order chi connectivity index (χ0) is 22.0. The molecule has 0 saturated heterocycles. The van der Waals surface area contributed by atoms with Crippen LogP contribution in [-0.2, 0) is 16.1 Å². The molecule has 1 aromatic heterocycles. The van der Waals surface area contributed by atoms with Crippen LogP contribution in [0.3, 0.4) is 0 Å². The fourth-order valence-corrected chi connectivity index (χ4v) is 3.63. The number of rotatable bonds is 6. The van der Waals surface area contributed by atoms with Crippen molar-refractivity contribution in [1.82, 2.24) is 9.47 Å². The van der Waals surface area contributed by atoms with E-state index in [2.05, 4.69) is 0 Å². The molecule has 1 aromatic carbocycles. The maximum Gasteiger partial charge on any atom is 0.340 e. The summed E-state index contributed by atoms with van der Waals surface area (Å²) in [6.07, 6.45) is 0. The van der Waals surface area contributed by atoms with Gasteiger partial charge in [-0.15, -0.1) is 0 Å². The number of hydrogen-bond donors (Lipinski definition) is 1. The van der Waals surface area contributed by atoms with Gasteiger partial charge in [0, 0.05) is 24.8 Å². The van der Waals surface area contributed by atoms with Crippen LogP contribution in [0.4, 0.5) is 0 Å². The van der Waals surface area contributed by atoms with E-state index in [1.54, 1.807) is 35.9 Å². The lowest BCUT2D eigenvalue weighted by molar-refractivity contribution is -0.136. The lowest BCUT2D eigenvalue weighted by atomic mass is 9.83. The number of carbonyl (C=O) groups is 1. The molecule has 2 aromatic rings. The van der Waals surface area contributed by atoms with E-state index in [1.165, 1.54) is 7.11 Å². The highest BCUT2D eigenvalue weighted by molar-refractivity contribution is 5.92. The van der Waals surface area contributed by atoms with Gasteiger partial charge in [0.2, 0.25) is 5.88 Å². The Morgan fingerprint density at radius 2 is 2.00 bits per heavy atom. The van der Waals surface area contributed by atoms with Crippen molar-refractivity contribution in [1.29, 1.82) is 0 Å². The van der Waals surface area contributed by atoms with Gasteiger partial charge in [-0.1, -0.05) is 12.1 Å². The van der Waals surface area contributed by atoms with Crippen LogP contribution in [0.25, 0.3) is 0 Å². The quantitative estimate of drug-likeness (QED) is 0.719. The van der Waals surface area contributed by atoms with Crippen LogP contribution in [0.5, 0.6) is 11.5 Å². The van der Waals surface area contributed by atoms with E-state index in [0.29, 0.717) is 35.7 Å². The Balaban J connectivity index is 2.27. The van der Waals surface area contributed by atoms with Crippen LogP contribution in [0.1, 0.15) is 22.7 Å². The lowest BCUT2D eigenvalue weighted by Crippen LogP contribution is -2.36. The van der Waals surface area contributed by atoms with E-state index in [-0.39, 0.29) is 17.0 Å². The minimum absolute atomic E-state index is 0.0768. The van der Waals surface area contributed by atoms with E-state index in [9.17, 15) is 9.59 Å². The molecule has 3 rings (SSSR count). The normalized spacial score (nSPS) is 15.6. The molecular weight excluding hydrogens is 386 g/mol. The van der Waals surface area contributed by atoms with Crippen LogP contribution >= 0.6 is 0 Å². The molecule has 0 saturated carbocycles. The van der Waals surface area contributed by atoms with Crippen LogP contribution in [-0.4, -0.2) is 50.3 Å². The van der Waals surface area contributed by atoms with Gasteiger partial charge in [-0.3, -0.25) is 4.79 Å². The van der Waals surface area contributed by atoms with Crippen molar-refractivity contribution < 1.29 is 19.0 Å². The fraction of sp³-hybridized carbons (Fsp3) is 0.364. The standard InChI is InChI=1S/C22H27N3O5/c1-13-11-16-18(21(26)25(13)10-9-24(2)3)17(14-7-6-8-15(12-14)28-4)19(20(23)30-16)22(27)29-5/h6-8,11-12,17H,9-10,23H2,1-5H3. The van der Waals surface area contributed by atoms with Gasteiger partial charge < -0.3 is 29.4 Å². The highest BCUT2D eigenvalue weighted by Crippen LogP contribution is 2.41. The predicted octanol–water partition coefficient (Wildman–Crippen LogP) is 1.59. The molecule has 0 bridgehead atoms. The second-order valence-corrected chi connectivity index (χ2v) is 7.40. The van der Waals surface area contributed by atoms with Gasteiger partial charge in [-0.05, 0) is 38.7 Å². The van der Waals surface area contributed by atoms with Crippen molar-refractivity contribution in [2.24, 2.45) is 5.73 Å². The molecule has 1 atom stereocenters. The summed E-state index contributed by atoms with van der Waals surface area (Å²) in [6.45, 7) is 3.03. The Kier molecular flexibility index (Phi) is 6.17. The number of esters is 1. The highest BCUT2D eigenvalue weighted by Gasteiger charge is 2.38. The van der Waals surface area contributed by atoms with Gasteiger partial charge in [0.25, 0.3) is 5.56 Å². The number of aromatic nitrogens is 1. The average molecular weight is 413 g/mol. The number of methoxy groups -OCH3 is 2. The molecule has 30 heavy (non-hydrogen) atoms. The number of ether oxygens (including phenoxy) is 3. The average Bonchev–Trinajstić information content (AvgIpc) is 2.71. The molecule has 2 heterocycles. The number of likely N-dealkylation sites (N-methyl/N-ethyl adjacent to an activating group) is 1. The summed E-state index contributed by atoms with van der Waals surface area (Å²) in [5, 5.41) is 0. The number of pyridine rings is 1. The third kappa shape index (κ3) is 3.91. The Morgan fingerprint density at radius 3 is 2.63 bits per heavy atom. The number of nitrogens with two attached hydrogens (primary N) is 1. The first-order valence-electron chi connectivity index (χ1n) is 9.57. The molecular formula is C22H27N3O5. The van der Waals surface area contributed by atoms with Crippen molar-refractivity contribution in [2.75, 3.05) is 34.9 Å². The monoisotopic (exact) mass is 413 g/mol. The van der Waals surface area contributed by atoms with E-state index >= 15 is 0 Å². The van der Waals surface area contributed by atoms with Gasteiger partial charge in [0.15, 0.2) is 0 Å². The number of benzene rings is 1. The summed E-state index contributed by atoms with van der Waals surface area (Å²) in [7, 11) is 6.71. The number of aryl methyl sites for hydroxylation is 1. The van der Waals surface area contributed by atoms with E-state index < -0.39 is 11.9 Å². The van der Waals surface area contributed by atoms with E-state index in [1.807, 2.05) is 32.0 Å². The van der Waals surface area contributed by atoms with Crippen molar-refractivity contribution in [3.63, 3.8) is 0 Å². The fourth-order valence-electron chi connectivity index (χ4n) is 3.63. The first-order chi connectivity index (χ1) is 14.3. The summed E-state index contributed by atoms with van der Waals surface area (Å²) in [6, 6.07) is 8.97. The SMILES string of the molecule is COC(=O)C1=C(N)Oc2cc(C)n(CCN(C)C)c(=O)c2C1c1cccc(OC)c1. The topological polar surface area (TPSA) is 96.0 Å². The Hall–Kier alpha value is -3.26. The van der Waals surface area contributed by atoms with Gasteiger partial charge in [-0.25, -0.2) is 4.79 Å². The van der Waals surface area contributed by atoms with Crippen LogP contribution < -0.4 is 20.8 Å². The van der Waals surface area contributed by atoms with Crippen molar-refractivity contribution in [3.05, 3.63) is 69.0 Å². The van der Waals surface area contributed by atoms with Gasteiger partial charge in [0.1, 0.15) is 17.1 Å². The third-order valence-corrected chi connectivity index (χ3v) is 5.17. The molecule has 1 aliphatic rings. The Bertz CT molecular complexity index is 1060. The molecule has 1 aliphatic heterocycles. The maximum absolute atomic E-state index is 13.6. The van der Waals surface area contributed by atoms with Gasteiger partial charge in [-0.2, -0.15) is 0 Å². The van der Waals surface area contributed by atoms with E-state index in [4.69, 9.17) is 19.9 Å². The minimum atomic E-state index is -0.741. The first-order valence-corrected chi connectivity index (χ1v) is 9.57. The maximum atomic E-state index is 13.6.